The van der Waals surface area contributed by atoms with Crippen LogP contribution in [-0.4, -0.2) is 45.5 Å². The molecule has 0 radical (unpaired) electrons. The molecule has 2 aromatic carbocycles. The summed E-state index contributed by atoms with van der Waals surface area (Å²) in [6.07, 6.45) is -1.77. The SMILES string of the molecule is N#Cc1ccc(CN2C(=O)CN(C(=O)c3ccc(Cl)cc3)Cc3cnccc32)cc1.O=C(O)C(F)(F)F. The summed E-state index contributed by atoms with van der Waals surface area (Å²) < 4.78 is 31.7. The number of amides is 2. The number of alkyl halides is 3. The van der Waals surface area contributed by atoms with Gasteiger partial charge in [-0.1, -0.05) is 23.7 Å². The van der Waals surface area contributed by atoms with Gasteiger partial charge in [0, 0.05) is 28.5 Å². The van der Waals surface area contributed by atoms with Gasteiger partial charge in [0.05, 0.1) is 30.4 Å². The molecule has 8 nitrogen and oxygen atoms in total. The summed E-state index contributed by atoms with van der Waals surface area (Å²) in [5.74, 6) is -3.19. The van der Waals surface area contributed by atoms with Gasteiger partial charge in [0.25, 0.3) is 5.91 Å². The summed E-state index contributed by atoms with van der Waals surface area (Å²) >= 11 is 5.92. The number of rotatable bonds is 3. The van der Waals surface area contributed by atoms with Crippen LogP contribution in [0.2, 0.25) is 5.02 Å². The molecule has 1 aliphatic rings. The van der Waals surface area contributed by atoms with Crippen molar-refractivity contribution in [2.45, 2.75) is 19.3 Å². The smallest absolute Gasteiger partial charge is 0.475 e. The van der Waals surface area contributed by atoms with Crippen LogP contribution in [0.3, 0.4) is 0 Å². The van der Waals surface area contributed by atoms with Crippen LogP contribution in [0.4, 0.5) is 18.9 Å². The summed E-state index contributed by atoms with van der Waals surface area (Å²) in [5, 5.41) is 16.7. The van der Waals surface area contributed by atoms with Gasteiger partial charge in [-0.15, -0.1) is 0 Å². The number of carboxylic acids is 1. The number of aromatic nitrogens is 1. The fourth-order valence-corrected chi connectivity index (χ4v) is 3.53. The number of hydrogen-bond acceptors (Lipinski definition) is 5. The Kier molecular flexibility index (Phi) is 8.47. The normalized spacial score (nSPS) is 13.0. The molecule has 0 saturated heterocycles. The number of nitrogens with zero attached hydrogens (tertiary/aromatic N) is 4. The Bertz CT molecular complexity index is 1340. The molecule has 0 spiro atoms. The Morgan fingerprint density at radius 2 is 1.68 bits per heavy atom. The molecule has 3 aromatic rings. The van der Waals surface area contributed by atoms with Crippen molar-refractivity contribution in [2.24, 2.45) is 0 Å². The minimum absolute atomic E-state index is 0.0492. The zero-order valence-corrected chi connectivity index (χ0v) is 19.7. The highest BCUT2D eigenvalue weighted by atomic mass is 35.5. The molecule has 190 valence electrons. The first kappa shape index (κ1) is 27.2. The van der Waals surface area contributed by atoms with Crippen molar-refractivity contribution >= 4 is 35.1 Å². The Morgan fingerprint density at radius 1 is 1.05 bits per heavy atom. The molecular weight excluding hydrogens is 513 g/mol. The van der Waals surface area contributed by atoms with E-state index in [0.29, 0.717) is 22.7 Å². The molecule has 0 atom stereocenters. The zero-order valence-electron chi connectivity index (χ0n) is 18.9. The molecule has 0 saturated carbocycles. The number of aliphatic carboxylic acids is 1. The summed E-state index contributed by atoms with van der Waals surface area (Å²) in [5.41, 5.74) is 3.44. The second-order valence-corrected chi connectivity index (χ2v) is 8.20. The number of carboxylic acid groups (broad SMARTS) is 1. The van der Waals surface area contributed by atoms with E-state index in [1.807, 2.05) is 12.1 Å². The average Bonchev–Trinajstić information content (AvgIpc) is 3.00. The summed E-state index contributed by atoms with van der Waals surface area (Å²) in [6.45, 7) is 0.567. The summed E-state index contributed by atoms with van der Waals surface area (Å²) in [6, 6.07) is 17.6. The van der Waals surface area contributed by atoms with Crippen LogP contribution in [0.1, 0.15) is 27.0 Å². The molecule has 0 unspecified atom stereocenters. The predicted octanol–water partition coefficient (Wildman–Crippen LogP) is 4.43. The number of anilines is 1. The number of hydrogen-bond donors (Lipinski definition) is 1. The third kappa shape index (κ3) is 7.05. The van der Waals surface area contributed by atoms with Crippen LogP contribution in [0.5, 0.6) is 0 Å². The lowest BCUT2D eigenvalue weighted by Gasteiger charge is -2.23. The number of carbonyl (C=O) groups is 3. The minimum atomic E-state index is -5.08. The van der Waals surface area contributed by atoms with Crippen LogP contribution in [0.15, 0.2) is 67.0 Å². The molecule has 0 bridgehead atoms. The fourth-order valence-electron chi connectivity index (χ4n) is 3.41. The Morgan fingerprint density at radius 3 is 2.24 bits per heavy atom. The number of fused-ring (bicyclic) bond motifs is 1. The highest BCUT2D eigenvalue weighted by Gasteiger charge is 2.38. The topological polar surface area (TPSA) is 115 Å². The first-order chi connectivity index (χ1) is 17.5. The van der Waals surface area contributed by atoms with E-state index in [0.717, 1.165) is 16.8 Å². The third-order valence-electron chi connectivity index (χ3n) is 5.20. The predicted molar refractivity (Wildman–Crippen MR) is 126 cm³/mol. The maximum absolute atomic E-state index is 13.1. The molecule has 0 aliphatic carbocycles. The standard InChI is InChI=1S/C23H17ClN4O2.C2HF3O2/c24-20-7-5-18(6-8-20)23(30)27-14-19-12-26-10-9-21(19)28(22(29)15-27)13-17-3-1-16(11-25)2-4-17;3-2(4,5)1(6)7/h1-10,12H,13-15H2;(H,6,7). The van der Waals surface area contributed by atoms with E-state index in [1.165, 1.54) is 4.90 Å². The Labute approximate surface area is 214 Å². The molecule has 1 aliphatic heterocycles. The molecule has 2 heterocycles. The lowest BCUT2D eigenvalue weighted by molar-refractivity contribution is -0.192. The number of benzene rings is 2. The molecule has 12 heteroatoms. The molecule has 4 rings (SSSR count). The van der Waals surface area contributed by atoms with Crippen molar-refractivity contribution in [3.05, 3.63) is 94.3 Å². The first-order valence-electron chi connectivity index (χ1n) is 10.6. The van der Waals surface area contributed by atoms with Gasteiger partial charge < -0.3 is 14.9 Å². The minimum Gasteiger partial charge on any atom is -0.475 e. The lowest BCUT2D eigenvalue weighted by atomic mass is 10.1. The van der Waals surface area contributed by atoms with Crippen LogP contribution in [-0.2, 0) is 22.7 Å². The Balaban J connectivity index is 0.000000479. The summed E-state index contributed by atoms with van der Waals surface area (Å²) in [4.78, 5) is 42.4. The molecule has 37 heavy (non-hydrogen) atoms. The van der Waals surface area contributed by atoms with Crippen molar-refractivity contribution in [2.75, 3.05) is 11.4 Å². The number of nitriles is 1. The van der Waals surface area contributed by atoms with E-state index in [1.54, 1.807) is 59.8 Å². The maximum atomic E-state index is 13.1. The maximum Gasteiger partial charge on any atom is 0.490 e. The molecule has 1 aromatic heterocycles. The van der Waals surface area contributed by atoms with Gasteiger partial charge in [-0.25, -0.2) is 4.79 Å². The monoisotopic (exact) mass is 530 g/mol. The Hall–Kier alpha value is -4.43. The van der Waals surface area contributed by atoms with Crippen LogP contribution in [0, 0.1) is 11.3 Å². The van der Waals surface area contributed by atoms with E-state index in [4.69, 9.17) is 26.8 Å². The van der Waals surface area contributed by atoms with E-state index in [9.17, 15) is 22.8 Å². The molecule has 1 N–H and O–H groups in total. The largest absolute Gasteiger partial charge is 0.490 e. The van der Waals surface area contributed by atoms with Crippen molar-refractivity contribution in [3.63, 3.8) is 0 Å². The van der Waals surface area contributed by atoms with Gasteiger partial charge in [-0.2, -0.15) is 18.4 Å². The summed E-state index contributed by atoms with van der Waals surface area (Å²) in [7, 11) is 0. The highest BCUT2D eigenvalue weighted by molar-refractivity contribution is 6.30. The second kappa shape index (κ2) is 11.5. The van der Waals surface area contributed by atoms with E-state index >= 15 is 0 Å². The van der Waals surface area contributed by atoms with Crippen molar-refractivity contribution in [1.82, 2.24) is 9.88 Å². The average molecular weight is 531 g/mol. The lowest BCUT2D eigenvalue weighted by Crippen LogP contribution is -2.39. The van der Waals surface area contributed by atoms with E-state index in [2.05, 4.69) is 11.1 Å². The van der Waals surface area contributed by atoms with Gasteiger partial charge in [0.2, 0.25) is 5.91 Å². The number of carbonyl (C=O) groups excluding carboxylic acids is 2. The van der Waals surface area contributed by atoms with Crippen LogP contribution < -0.4 is 4.90 Å². The zero-order chi connectivity index (χ0) is 27.2. The van der Waals surface area contributed by atoms with Crippen molar-refractivity contribution < 1.29 is 32.7 Å². The van der Waals surface area contributed by atoms with Crippen molar-refractivity contribution in [1.29, 1.82) is 5.26 Å². The fraction of sp³-hybridized carbons (Fsp3) is 0.160. The van der Waals surface area contributed by atoms with Crippen LogP contribution in [0.25, 0.3) is 0 Å². The molecular formula is C25H18ClF3N4O4. The number of halogens is 4. The van der Waals surface area contributed by atoms with Gasteiger partial charge >= 0.3 is 12.1 Å². The third-order valence-corrected chi connectivity index (χ3v) is 5.45. The van der Waals surface area contributed by atoms with Crippen molar-refractivity contribution in [3.8, 4) is 6.07 Å². The molecule has 2 amide bonds. The van der Waals surface area contributed by atoms with E-state index in [-0.39, 0.29) is 24.9 Å². The second-order valence-electron chi connectivity index (χ2n) is 7.76. The van der Waals surface area contributed by atoms with E-state index < -0.39 is 12.1 Å². The highest BCUT2D eigenvalue weighted by Crippen LogP contribution is 2.27. The quantitative estimate of drug-likeness (QED) is 0.536. The van der Waals surface area contributed by atoms with Gasteiger partial charge in [-0.3, -0.25) is 14.6 Å². The van der Waals surface area contributed by atoms with Crippen LogP contribution >= 0.6 is 11.6 Å². The van der Waals surface area contributed by atoms with Gasteiger partial charge in [0.1, 0.15) is 6.54 Å². The first-order valence-corrected chi connectivity index (χ1v) is 10.9. The number of pyridine rings is 1. The van der Waals surface area contributed by atoms with Gasteiger partial charge in [0.15, 0.2) is 0 Å². The van der Waals surface area contributed by atoms with Gasteiger partial charge in [-0.05, 0) is 48.0 Å². The molecule has 0 fully saturated rings.